The van der Waals surface area contributed by atoms with E-state index in [9.17, 15) is 20.1 Å². The van der Waals surface area contributed by atoms with Gasteiger partial charge in [0.2, 0.25) is 11.7 Å². The minimum Gasteiger partial charge on any atom is -0.493 e. The van der Waals surface area contributed by atoms with E-state index in [0.29, 0.717) is 28.5 Å². The summed E-state index contributed by atoms with van der Waals surface area (Å²) in [6.45, 7) is 0. The molecular formula is C26H23N5O6S. The largest absolute Gasteiger partial charge is 0.493 e. The lowest BCUT2D eigenvalue weighted by Crippen LogP contribution is -2.12. The number of carboxylic acid groups (broad SMARTS) is 1. The third-order valence-corrected chi connectivity index (χ3v) is 6.33. The summed E-state index contributed by atoms with van der Waals surface area (Å²) < 4.78 is 16.2. The number of carboxylic acids is 1. The Balaban J connectivity index is 1.89. The fourth-order valence-corrected chi connectivity index (χ4v) is 4.51. The number of rotatable bonds is 10. The van der Waals surface area contributed by atoms with Crippen LogP contribution in [0.25, 0.3) is 11.1 Å². The maximum atomic E-state index is 12.4. The molecule has 12 heteroatoms. The molecule has 0 unspecified atom stereocenters. The van der Waals surface area contributed by atoms with Gasteiger partial charge < -0.3 is 30.4 Å². The van der Waals surface area contributed by atoms with Crippen LogP contribution in [0.4, 0.5) is 11.5 Å². The van der Waals surface area contributed by atoms with Crippen molar-refractivity contribution in [2.45, 2.75) is 11.4 Å². The van der Waals surface area contributed by atoms with E-state index < -0.39 is 5.97 Å². The Kier molecular flexibility index (Phi) is 8.98. The van der Waals surface area contributed by atoms with Gasteiger partial charge in [0.15, 0.2) is 11.5 Å². The fraction of sp³-hybridized carbons (Fsp3) is 0.192. The maximum absolute atomic E-state index is 12.4. The highest BCUT2D eigenvalue weighted by atomic mass is 32.2. The molecule has 0 spiro atoms. The second-order valence-electron chi connectivity index (χ2n) is 7.59. The number of carbonyl (C=O) groups excluding carboxylic acids is 1. The molecule has 0 aliphatic heterocycles. The Bertz CT molecular complexity index is 1440. The Morgan fingerprint density at radius 2 is 1.63 bits per heavy atom. The van der Waals surface area contributed by atoms with Gasteiger partial charge in [0.05, 0.1) is 32.5 Å². The van der Waals surface area contributed by atoms with Crippen LogP contribution >= 0.6 is 11.8 Å². The average molecular weight is 534 g/mol. The SMILES string of the molecule is COc1cc(-c2c(C#N)c(N)nc(SCCC(=O)Nc3ccc(C(=O)O)cc3)c2C#N)cc(OC)c1OC. The second kappa shape index (κ2) is 12.3. The van der Waals surface area contributed by atoms with Crippen molar-refractivity contribution >= 4 is 35.1 Å². The summed E-state index contributed by atoms with van der Waals surface area (Å²) in [6, 6.07) is 13.1. The van der Waals surface area contributed by atoms with Crippen molar-refractivity contribution in [2.24, 2.45) is 0 Å². The van der Waals surface area contributed by atoms with Gasteiger partial charge in [0.25, 0.3) is 0 Å². The molecule has 11 nitrogen and oxygen atoms in total. The molecule has 0 saturated heterocycles. The molecular weight excluding hydrogens is 510 g/mol. The molecule has 0 aliphatic carbocycles. The highest BCUT2D eigenvalue weighted by molar-refractivity contribution is 7.99. The Morgan fingerprint density at radius 1 is 1.03 bits per heavy atom. The van der Waals surface area contributed by atoms with E-state index in [4.69, 9.17) is 25.1 Å². The summed E-state index contributed by atoms with van der Waals surface area (Å²) in [5.41, 5.74) is 7.47. The van der Waals surface area contributed by atoms with Gasteiger partial charge in [-0.15, -0.1) is 11.8 Å². The molecule has 1 heterocycles. The third-order valence-electron chi connectivity index (χ3n) is 5.35. The molecule has 194 valence electrons. The van der Waals surface area contributed by atoms with Gasteiger partial charge in [-0.05, 0) is 42.0 Å². The van der Waals surface area contributed by atoms with Gasteiger partial charge in [-0.3, -0.25) is 4.79 Å². The molecule has 0 bridgehead atoms. The fourth-order valence-electron chi connectivity index (χ4n) is 3.58. The van der Waals surface area contributed by atoms with Crippen molar-refractivity contribution in [3.05, 3.63) is 53.1 Å². The van der Waals surface area contributed by atoms with Crippen molar-refractivity contribution in [1.29, 1.82) is 10.5 Å². The molecule has 3 aromatic rings. The molecule has 1 amide bonds. The summed E-state index contributed by atoms with van der Waals surface area (Å²) >= 11 is 1.14. The van der Waals surface area contributed by atoms with E-state index in [2.05, 4.69) is 16.4 Å². The number of carbonyl (C=O) groups is 2. The second-order valence-corrected chi connectivity index (χ2v) is 8.68. The number of hydrogen-bond donors (Lipinski definition) is 3. The molecule has 0 saturated carbocycles. The van der Waals surface area contributed by atoms with Crippen LogP contribution in [0.3, 0.4) is 0 Å². The van der Waals surface area contributed by atoms with E-state index in [1.807, 2.05) is 6.07 Å². The lowest BCUT2D eigenvalue weighted by atomic mass is 9.96. The van der Waals surface area contributed by atoms with Crippen molar-refractivity contribution in [3.63, 3.8) is 0 Å². The lowest BCUT2D eigenvalue weighted by Gasteiger charge is -2.17. The molecule has 4 N–H and O–H groups in total. The number of anilines is 2. The van der Waals surface area contributed by atoms with Crippen LogP contribution in [0.2, 0.25) is 0 Å². The number of aromatic carboxylic acids is 1. The zero-order chi connectivity index (χ0) is 27.8. The van der Waals surface area contributed by atoms with Crippen LogP contribution in [-0.4, -0.2) is 49.0 Å². The molecule has 38 heavy (non-hydrogen) atoms. The first-order chi connectivity index (χ1) is 18.3. The number of ether oxygens (including phenoxy) is 3. The van der Waals surface area contributed by atoms with Crippen molar-refractivity contribution < 1.29 is 28.9 Å². The topological polar surface area (TPSA) is 181 Å². The van der Waals surface area contributed by atoms with Gasteiger partial charge in [0.1, 0.15) is 28.5 Å². The summed E-state index contributed by atoms with van der Waals surface area (Å²) in [4.78, 5) is 27.6. The predicted molar refractivity (Wildman–Crippen MR) is 141 cm³/mol. The zero-order valence-corrected chi connectivity index (χ0v) is 21.5. The molecule has 2 aromatic carbocycles. The van der Waals surface area contributed by atoms with Crippen molar-refractivity contribution in [3.8, 4) is 40.5 Å². The summed E-state index contributed by atoms with van der Waals surface area (Å²) in [7, 11) is 4.36. The van der Waals surface area contributed by atoms with Gasteiger partial charge in [-0.25, -0.2) is 9.78 Å². The van der Waals surface area contributed by atoms with Crippen LogP contribution < -0.4 is 25.3 Å². The lowest BCUT2D eigenvalue weighted by molar-refractivity contribution is -0.115. The van der Waals surface area contributed by atoms with Gasteiger partial charge in [0, 0.05) is 23.4 Å². The molecule has 0 fully saturated rings. The number of nitrogens with one attached hydrogen (secondary N) is 1. The smallest absolute Gasteiger partial charge is 0.335 e. The van der Waals surface area contributed by atoms with Crippen molar-refractivity contribution in [2.75, 3.05) is 38.1 Å². The average Bonchev–Trinajstić information content (AvgIpc) is 2.92. The number of hydrogen-bond acceptors (Lipinski definition) is 10. The van der Waals surface area contributed by atoms with Crippen LogP contribution in [0.1, 0.15) is 27.9 Å². The Morgan fingerprint density at radius 3 is 2.13 bits per heavy atom. The number of nitrogens with zero attached hydrogens (tertiary/aromatic N) is 3. The van der Waals surface area contributed by atoms with Crippen LogP contribution in [0, 0.1) is 22.7 Å². The number of aromatic nitrogens is 1. The monoisotopic (exact) mass is 533 g/mol. The highest BCUT2D eigenvalue weighted by Gasteiger charge is 2.23. The highest BCUT2D eigenvalue weighted by Crippen LogP contribution is 2.44. The van der Waals surface area contributed by atoms with Gasteiger partial charge in [-0.2, -0.15) is 10.5 Å². The predicted octanol–water partition coefficient (Wildman–Crippen LogP) is 3.92. The number of nitrogens with two attached hydrogens (primary N) is 1. The molecule has 3 rings (SSSR count). The number of benzene rings is 2. The van der Waals surface area contributed by atoms with Crippen LogP contribution in [0.15, 0.2) is 41.4 Å². The zero-order valence-electron chi connectivity index (χ0n) is 20.7. The number of nitrogen functional groups attached to an aromatic ring is 1. The van der Waals surface area contributed by atoms with Crippen LogP contribution in [-0.2, 0) is 4.79 Å². The minimum absolute atomic E-state index is 0.0164. The molecule has 0 atom stereocenters. The number of methoxy groups -OCH3 is 3. The van der Waals surface area contributed by atoms with E-state index >= 15 is 0 Å². The number of amides is 1. The first-order valence-corrected chi connectivity index (χ1v) is 12.0. The van der Waals surface area contributed by atoms with Crippen LogP contribution in [0.5, 0.6) is 17.2 Å². The number of nitriles is 2. The minimum atomic E-state index is -1.06. The standard InChI is InChI=1S/C26H23N5O6S/c1-35-19-10-15(11-20(36-2)23(19)37-3)22-17(12-27)24(29)31-25(18(22)13-28)38-9-8-21(32)30-16-6-4-14(5-7-16)26(33)34/h4-7,10-11H,8-9H2,1-3H3,(H2,29,31)(H,30,32)(H,33,34). The van der Waals surface area contributed by atoms with E-state index in [0.717, 1.165) is 11.8 Å². The van der Waals surface area contributed by atoms with Crippen molar-refractivity contribution in [1.82, 2.24) is 4.98 Å². The first kappa shape index (κ1) is 27.6. The third kappa shape index (κ3) is 5.88. The van der Waals surface area contributed by atoms with Gasteiger partial charge >= 0.3 is 5.97 Å². The number of thioether (sulfide) groups is 1. The number of pyridine rings is 1. The normalized spacial score (nSPS) is 10.1. The van der Waals surface area contributed by atoms with E-state index in [-0.39, 0.29) is 51.2 Å². The summed E-state index contributed by atoms with van der Waals surface area (Å²) in [6.07, 6.45) is 0.0668. The van der Waals surface area contributed by atoms with E-state index in [1.54, 1.807) is 12.1 Å². The summed E-state index contributed by atoms with van der Waals surface area (Å²) in [5.74, 6) is -0.199. The van der Waals surface area contributed by atoms with E-state index in [1.165, 1.54) is 45.6 Å². The molecule has 0 aliphatic rings. The quantitative estimate of drug-likeness (QED) is 0.321. The summed E-state index contributed by atoms with van der Waals surface area (Å²) in [5, 5.41) is 31.8. The molecule has 1 aromatic heterocycles. The maximum Gasteiger partial charge on any atom is 0.335 e. The Labute approximate surface area is 222 Å². The molecule has 0 radical (unpaired) electrons. The Hall–Kier alpha value is -4.94. The van der Waals surface area contributed by atoms with Gasteiger partial charge in [-0.1, -0.05) is 0 Å². The first-order valence-electron chi connectivity index (χ1n) is 11.0.